The fourth-order valence-electron chi connectivity index (χ4n) is 5.63. The van der Waals surface area contributed by atoms with Gasteiger partial charge in [-0.2, -0.15) is 11.3 Å². The number of hydrogen-bond donors (Lipinski definition) is 0. The Kier molecular flexibility index (Phi) is 17.2. The number of carbonyl (C=O) groups excluding carboxylic acids is 2. The molecule has 0 radical (unpaired) electrons. The molecule has 1 aromatic heterocycles. The predicted molar refractivity (Wildman–Crippen MR) is 156 cm³/mol. The van der Waals surface area contributed by atoms with E-state index in [4.69, 9.17) is 0 Å². The topological polar surface area (TPSA) is 37.4 Å². The molecule has 1 aliphatic heterocycles. The van der Waals surface area contributed by atoms with Crippen molar-refractivity contribution in [2.75, 3.05) is 0 Å². The molecule has 0 aliphatic carbocycles. The van der Waals surface area contributed by atoms with Crippen LogP contribution in [0.4, 0.5) is 0 Å². The molecule has 2 amide bonds. The average molecular weight is 518 g/mol. The summed E-state index contributed by atoms with van der Waals surface area (Å²) in [6.45, 7) is 4.53. The minimum absolute atomic E-state index is 0.0480. The number of nitrogens with zero attached hydrogens (tertiary/aromatic N) is 1. The number of imide groups is 1. The maximum absolute atomic E-state index is 13.0. The van der Waals surface area contributed by atoms with Crippen LogP contribution < -0.4 is 0 Å². The van der Waals surface area contributed by atoms with Gasteiger partial charge in [-0.15, -0.1) is 0 Å². The lowest BCUT2D eigenvalue weighted by Crippen LogP contribution is -2.40. The third-order valence-electron chi connectivity index (χ3n) is 7.96. The van der Waals surface area contributed by atoms with Gasteiger partial charge in [0.25, 0.3) is 11.8 Å². The molecule has 1 aromatic rings. The van der Waals surface area contributed by atoms with Gasteiger partial charge in [-0.25, -0.2) is 0 Å². The van der Waals surface area contributed by atoms with Crippen LogP contribution in [0, 0.1) is 0 Å². The fourth-order valence-corrected chi connectivity index (χ4v) is 6.42. The van der Waals surface area contributed by atoms with Crippen LogP contribution in [0.25, 0.3) is 0 Å². The largest absolute Gasteiger partial charge is 0.271 e. The molecule has 0 bridgehead atoms. The van der Waals surface area contributed by atoms with Crippen LogP contribution in [0.3, 0.4) is 0 Å². The standard InChI is InChI=1S/C32H55NO2S/c1-3-5-7-9-11-12-13-14-15-16-17-18-19-21-23-25-28(24-22-20-10-8-6-4-2)33-31(34)29-26-36-27-30(29)32(33)35/h26-28H,3-25H2,1-2H3. The van der Waals surface area contributed by atoms with Crippen molar-refractivity contribution in [1.29, 1.82) is 0 Å². The van der Waals surface area contributed by atoms with E-state index in [1.807, 2.05) is 10.8 Å². The van der Waals surface area contributed by atoms with E-state index in [2.05, 4.69) is 13.8 Å². The molecule has 0 aromatic carbocycles. The predicted octanol–water partition coefficient (Wildman–Crippen LogP) is 10.7. The molecule has 0 N–H and O–H groups in total. The Hall–Kier alpha value is -1.16. The molecule has 0 saturated carbocycles. The van der Waals surface area contributed by atoms with E-state index in [0.29, 0.717) is 11.1 Å². The van der Waals surface area contributed by atoms with Crippen LogP contribution in [0.5, 0.6) is 0 Å². The second-order valence-electron chi connectivity index (χ2n) is 11.1. The fraction of sp³-hybridized carbons (Fsp3) is 0.812. The van der Waals surface area contributed by atoms with Crippen molar-refractivity contribution in [3.05, 3.63) is 21.9 Å². The monoisotopic (exact) mass is 517 g/mol. The first-order chi connectivity index (χ1) is 17.7. The highest BCUT2D eigenvalue weighted by molar-refractivity contribution is 7.08. The molecule has 2 rings (SSSR count). The SMILES string of the molecule is CCCCCCCCCCCCCCCCCC(CCCCCCCC)N1C(=O)c2cscc2C1=O. The van der Waals surface area contributed by atoms with E-state index in [-0.39, 0.29) is 17.9 Å². The normalized spacial score (nSPS) is 14.1. The Morgan fingerprint density at radius 2 is 0.833 bits per heavy atom. The minimum Gasteiger partial charge on any atom is -0.271 e. The number of rotatable bonds is 24. The van der Waals surface area contributed by atoms with Crippen LogP contribution in [-0.2, 0) is 0 Å². The van der Waals surface area contributed by atoms with Gasteiger partial charge in [0.2, 0.25) is 0 Å². The minimum atomic E-state index is -0.0480. The summed E-state index contributed by atoms with van der Waals surface area (Å²) in [7, 11) is 0. The van der Waals surface area contributed by atoms with Gasteiger partial charge in [0.05, 0.1) is 11.1 Å². The van der Waals surface area contributed by atoms with Crippen molar-refractivity contribution in [2.24, 2.45) is 0 Å². The zero-order chi connectivity index (χ0) is 25.8. The quantitative estimate of drug-likeness (QED) is 0.101. The highest BCUT2D eigenvalue weighted by Crippen LogP contribution is 2.31. The van der Waals surface area contributed by atoms with Crippen LogP contribution in [-0.4, -0.2) is 22.8 Å². The number of fused-ring (bicyclic) bond motifs is 1. The molecule has 1 unspecified atom stereocenters. The average Bonchev–Trinajstić information content (AvgIpc) is 3.46. The summed E-state index contributed by atoms with van der Waals surface area (Å²) in [5.41, 5.74) is 1.27. The second kappa shape index (κ2) is 19.9. The number of hydrogen-bond acceptors (Lipinski definition) is 3. The Morgan fingerprint density at radius 1 is 0.528 bits per heavy atom. The van der Waals surface area contributed by atoms with Gasteiger partial charge in [0.15, 0.2) is 0 Å². The van der Waals surface area contributed by atoms with E-state index in [1.54, 1.807) is 4.90 Å². The summed E-state index contributed by atoms with van der Waals surface area (Å²) < 4.78 is 0. The van der Waals surface area contributed by atoms with E-state index >= 15 is 0 Å². The molecule has 1 aliphatic rings. The lowest BCUT2D eigenvalue weighted by molar-refractivity contribution is 0.0563. The highest BCUT2D eigenvalue weighted by Gasteiger charge is 2.40. The first-order valence-electron chi connectivity index (χ1n) is 15.6. The number of thiophene rings is 1. The molecule has 0 fully saturated rings. The summed E-state index contributed by atoms with van der Waals surface area (Å²) in [6.07, 6.45) is 29.9. The molecule has 0 saturated heterocycles. The van der Waals surface area contributed by atoms with Crippen LogP contribution >= 0.6 is 11.3 Å². The van der Waals surface area contributed by atoms with Gasteiger partial charge in [0.1, 0.15) is 0 Å². The maximum atomic E-state index is 13.0. The first kappa shape index (κ1) is 31.1. The summed E-state index contributed by atoms with van der Waals surface area (Å²) >= 11 is 1.46. The zero-order valence-corrected chi connectivity index (χ0v) is 24.5. The van der Waals surface area contributed by atoms with Gasteiger partial charge < -0.3 is 0 Å². The third kappa shape index (κ3) is 11.5. The molecule has 36 heavy (non-hydrogen) atoms. The van der Waals surface area contributed by atoms with Gasteiger partial charge in [-0.05, 0) is 12.8 Å². The Bertz CT molecular complexity index is 682. The van der Waals surface area contributed by atoms with Crippen LogP contribution in [0.1, 0.15) is 182 Å². The third-order valence-corrected chi connectivity index (χ3v) is 8.70. The first-order valence-corrected chi connectivity index (χ1v) is 16.6. The molecular formula is C32H55NO2S. The summed E-state index contributed by atoms with van der Waals surface area (Å²) in [5, 5.41) is 3.70. The summed E-state index contributed by atoms with van der Waals surface area (Å²) in [4.78, 5) is 27.5. The maximum Gasteiger partial charge on any atom is 0.262 e. The van der Waals surface area contributed by atoms with Gasteiger partial charge in [0, 0.05) is 16.8 Å². The number of amides is 2. The Labute approximate surface area is 226 Å². The van der Waals surface area contributed by atoms with Crippen molar-refractivity contribution < 1.29 is 9.59 Å². The second-order valence-corrected chi connectivity index (χ2v) is 11.9. The van der Waals surface area contributed by atoms with Gasteiger partial charge in [-0.1, -0.05) is 149 Å². The number of carbonyl (C=O) groups is 2. The highest BCUT2D eigenvalue weighted by atomic mass is 32.1. The van der Waals surface area contributed by atoms with E-state index in [0.717, 1.165) is 25.7 Å². The zero-order valence-electron chi connectivity index (χ0n) is 23.7. The van der Waals surface area contributed by atoms with Crippen molar-refractivity contribution in [3.63, 3.8) is 0 Å². The molecule has 1 atom stereocenters. The lowest BCUT2D eigenvalue weighted by Gasteiger charge is -2.26. The van der Waals surface area contributed by atoms with E-state index in [1.165, 1.54) is 133 Å². The molecular weight excluding hydrogens is 462 g/mol. The Balaban J connectivity index is 1.58. The van der Waals surface area contributed by atoms with Crippen molar-refractivity contribution in [1.82, 2.24) is 4.90 Å². The molecule has 3 nitrogen and oxygen atoms in total. The van der Waals surface area contributed by atoms with Crippen LogP contribution in [0.2, 0.25) is 0 Å². The van der Waals surface area contributed by atoms with Gasteiger partial charge in [-0.3, -0.25) is 14.5 Å². The summed E-state index contributed by atoms with van der Waals surface area (Å²) in [5.74, 6) is -0.0959. The van der Waals surface area contributed by atoms with Crippen molar-refractivity contribution >= 4 is 23.2 Å². The smallest absolute Gasteiger partial charge is 0.262 e. The molecule has 2 heterocycles. The van der Waals surface area contributed by atoms with Crippen LogP contribution in [0.15, 0.2) is 10.8 Å². The van der Waals surface area contributed by atoms with Crippen molar-refractivity contribution in [3.8, 4) is 0 Å². The Morgan fingerprint density at radius 3 is 1.17 bits per heavy atom. The van der Waals surface area contributed by atoms with Crippen molar-refractivity contribution in [2.45, 2.75) is 168 Å². The molecule has 206 valence electrons. The number of unbranched alkanes of at least 4 members (excludes halogenated alkanes) is 19. The van der Waals surface area contributed by atoms with E-state index < -0.39 is 0 Å². The summed E-state index contributed by atoms with van der Waals surface area (Å²) in [6, 6.07) is 0.0792. The van der Waals surface area contributed by atoms with E-state index in [9.17, 15) is 9.59 Å². The van der Waals surface area contributed by atoms with Gasteiger partial charge >= 0.3 is 0 Å². The molecule has 0 spiro atoms. The molecule has 4 heteroatoms. The lowest BCUT2D eigenvalue weighted by atomic mass is 9.98.